The SMILES string of the molecule is CCNC(=O)N1CCCC(c2cccc(C(=O)NCc3cccc(OC)c3)c2)C1. The van der Waals surface area contributed by atoms with E-state index in [2.05, 4.69) is 10.6 Å². The molecule has 0 saturated carbocycles. The Hall–Kier alpha value is -3.02. The van der Waals surface area contributed by atoms with Gasteiger partial charge in [-0.3, -0.25) is 4.79 Å². The van der Waals surface area contributed by atoms with E-state index < -0.39 is 0 Å². The highest BCUT2D eigenvalue weighted by Gasteiger charge is 2.24. The summed E-state index contributed by atoms with van der Waals surface area (Å²) in [6, 6.07) is 15.4. The monoisotopic (exact) mass is 395 g/mol. The Bertz CT molecular complexity index is 853. The maximum atomic E-state index is 12.6. The van der Waals surface area contributed by atoms with Gasteiger partial charge in [-0.2, -0.15) is 0 Å². The maximum Gasteiger partial charge on any atom is 0.317 e. The molecule has 2 aromatic carbocycles. The second-order valence-corrected chi connectivity index (χ2v) is 7.28. The molecule has 0 radical (unpaired) electrons. The summed E-state index contributed by atoms with van der Waals surface area (Å²) >= 11 is 0. The highest BCUT2D eigenvalue weighted by Crippen LogP contribution is 2.27. The molecule has 1 saturated heterocycles. The number of hydrogen-bond donors (Lipinski definition) is 2. The molecule has 0 spiro atoms. The van der Waals surface area contributed by atoms with Crippen molar-refractivity contribution in [2.45, 2.75) is 32.2 Å². The second-order valence-electron chi connectivity index (χ2n) is 7.28. The van der Waals surface area contributed by atoms with Gasteiger partial charge in [0.05, 0.1) is 7.11 Å². The lowest BCUT2D eigenvalue weighted by molar-refractivity contribution is 0.0950. The fourth-order valence-electron chi connectivity index (χ4n) is 3.70. The molecule has 0 aromatic heterocycles. The van der Waals surface area contributed by atoms with Crippen molar-refractivity contribution >= 4 is 11.9 Å². The van der Waals surface area contributed by atoms with Crippen molar-refractivity contribution in [2.75, 3.05) is 26.7 Å². The molecule has 3 rings (SSSR count). The molecule has 1 unspecified atom stereocenters. The highest BCUT2D eigenvalue weighted by atomic mass is 16.5. The van der Waals surface area contributed by atoms with Crippen molar-refractivity contribution in [1.82, 2.24) is 15.5 Å². The van der Waals surface area contributed by atoms with Crippen molar-refractivity contribution in [1.29, 1.82) is 0 Å². The average Bonchev–Trinajstić information content (AvgIpc) is 2.78. The van der Waals surface area contributed by atoms with E-state index in [9.17, 15) is 9.59 Å². The van der Waals surface area contributed by atoms with Crippen LogP contribution in [0.15, 0.2) is 48.5 Å². The zero-order chi connectivity index (χ0) is 20.6. The number of methoxy groups -OCH3 is 1. The molecule has 1 fully saturated rings. The van der Waals surface area contributed by atoms with Gasteiger partial charge < -0.3 is 20.3 Å². The fourth-order valence-corrected chi connectivity index (χ4v) is 3.70. The fraction of sp³-hybridized carbons (Fsp3) is 0.391. The number of ether oxygens (including phenoxy) is 1. The zero-order valence-corrected chi connectivity index (χ0v) is 17.1. The summed E-state index contributed by atoms with van der Waals surface area (Å²) in [5.41, 5.74) is 2.73. The number of urea groups is 1. The van der Waals surface area contributed by atoms with Crippen LogP contribution in [0.4, 0.5) is 4.79 Å². The van der Waals surface area contributed by atoms with Crippen LogP contribution in [0.25, 0.3) is 0 Å². The number of carbonyl (C=O) groups excluding carboxylic acids is 2. The van der Waals surface area contributed by atoms with Crippen LogP contribution in [0.2, 0.25) is 0 Å². The van der Waals surface area contributed by atoms with Crippen LogP contribution < -0.4 is 15.4 Å². The van der Waals surface area contributed by atoms with Gasteiger partial charge in [-0.15, -0.1) is 0 Å². The topological polar surface area (TPSA) is 70.7 Å². The number of piperidine rings is 1. The summed E-state index contributed by atoms with van der Waals surface area (Å²) in [5.74, 6) is 0.913. The van der Waals surface area contributed by atoms with Crippen LogP contribution in [0.3, 0.4) is 0 Å². The molecule has 29 heavy (non-hydrogen) atoms. The Morgan fingerprint density at radius 3 is 2.76 bits per heavy atom. The van der Waals surface area contributed by atoms with E-state index in [1.165, 1.54) is 0 Å². The molecule has 1 heterocycles. The summed E-state index contributed by atoms with van der Waals surface area (Å²) in [7, 11) is 1.63. The third kappa shape index (κ3) is 5.50. The van der Waals surface area contributed by atoms with Gasteiger partial charge >= 0.3 is 6.03 Å². The molecule has 2 aromatic rings. The lowest BCUT2D eigenvalue weighted by atomic mass is 9.89. The van der Waals surface area contributed by atoms with Gasteiger partial charge in [-0.25, -0.2) is 4.79 Å². The Morgan fingerprint density at radius 2 is 1.97 bits per heavy atom. The Morgan fingerprint density at radius 1 is 1.14 bits per heavy atom. The minimum absolute atomic E-state index is 0.00983. The molecule has 1 atom stereocenters. The minimum Gasteiger partial charge on any atom is -0.497 e. The third-order valence-corrected chi connectivity index (χ3v) is 5.24. The number of nitrogens with zero attached hydrogens (tertiary/aromatic N) is 1. The van der Waals surface area contributed by atoms with Gasteiger partial charge in [0.2, 0.25) is 0 Å². The van der Waals surface area contributed by atoms with Gasteiger partial charge in [0.1, 0.15) is 5.75 Å². The number of amides is 3. The van der Waals surface area contributed by atoms with Crippen molar-refractivity contribution in [2.24, 2.45) is 0 Å². The predicted octanol–water partition coefficient (Wildman–Crippen LogP) is 3.53. The summed E-state index contributed by atoms with van der Waals surface area (Å²) < 4.78 is 5.22. The van der Waals surface area contributed by atoms with E-state index in [0.717, 1.165) is 36.3 Å². The molecule has 0 bridgehead atoms. The Labute approximate surface area is 172 Å². The number of nitrogens with one attached hydrogen (secondary N) is 2. The number of rotatable bonds is 6. The quantitative estimate of drug-likeness (QED) is 0.786. The number of likely N-dealkylation sites (tertiary alicyclic amines) is 1. The molecular weight excluding hydrogens is 366 g/mol. The molecular formula is C23H29N3O3. The van der Waals surface area contributed by atoms with Crippen molar-refractivity contribution < 1.29 is 14.3 Å². The maximum absolute atomic E-state index is 12.6. The van der Waals surface area contributed by atoms with Crippen LogP contribution in [0, 0.1) is 0 Å². The van der Waals surface area contributed by atoms with Crippen molar-refractivity contribution in [3.63, 3.8) is 0 Å². The smallest absolute Gasteiger partial charge is 0.317 e. The van der Waals surface area contributed by atoms with E-state index in [-0.39, 0.29) is 17.9 Å². The molecule has 3 amide bonds. The van der Waals surface area contributed by atoms with E-state index in [4.69, 9.17) is 4.74 Å². The van der Waals surface area contributed by atoms with Gasteiger partial charge in [0.25, 0.3) is 5.91 Å². The lowest BCUT2D eigenvalue weighted by Gasteiger charge is -2.33. The van der Waals surface area contributed by atoms with E-state index in [1.54, 1.807) is 7.11 Å². The lowest BCUT2D eigenvalue weighted by Crippen LogP contribution is -2.44. The highest BCUT2D eigenvalue weighted by molar-refractivity contribution is 5.94. The summed E-state index contributed by atoms with van der Waals surface area (Å²) in [6.45, 7) is 4.45. The van der Waals surface area contributed by atoms with Crippen LogP contribution in [0.5, 0.6) is 5.75 Å². The average molecular weight is 396 g/mol. The molecule has 0 aliphatic carbocycles. The Balaban J connectivity index is 1.63. The summed E-state index contributed by atoms with van der Waals surface area (Å²) in [4.78, 5) is 26.7. The first-order chi connectivity index (χ1) is 14.1. The molecule has 1 aliphatic rings. The van der Waals surface area contributed by atoms with E-state index in [1.807, 2.05) is 60.4 Å². The van der Waals surface area contributed by atoms with Crippen LogP contribution >= 0.6 is 0 Å². The van der Waals surface area contributed by atoms with Crippen LogP contribution in [0.1, 0.15) is 47.2 Å². The second kappa shape index (κ2) is 9.96. The standard InChI is InChI=1S/C23H29N3O3/c1-3-24-23(28)26-12-6-10-20(16-26)18-8-5-9-19(14-18)22(27)25-15-17-7-4-11-21(13-17)29-2/h4-5,7-9,11,13-14,20H,3,6,10,12,15-16H2,1-2H3,(H,24,28)(H,25,27). The molecule has 1 aliphatic heterocycles. The van der Waals surface area contributed by atoms with Crippen LogP contribution in [-0.4, -0.2) is 43.6 Å². The molecule has 6 heteroatoms. The number of hydrogen-bond acceptors (Lipinski definition) is 3. The molecule has 154 valence electrons. The summed E-state index contributed by atoms with van der Waals surface area (Å²) in [5, 5.41) is 5.84. The zero-order valence-electron chi connectivity index (χ0n) is 17.1. The third-order valence-electron chi connectivity index (χ3n) is 5.24. The summed E-state index contributed by atoms with van der Waals surface area (Å²) in [6.07, 6.45) is 1.98. The molecule has 2 N–H and O–H groups in total. The molecule has 6 nitrogen and oxygen atoms in total. The van der Waals surface area contributed by atoms with Gasteiger partial charge in [0.15, 0.2) is 0 Å². The first-order valence-corrected chi connectivity index (χ1v) is 10.1. The number of benzene rings is 2. The first kappa shape index (κ1) is 20.7. The van der Waals surface area contributed by atoms with E-state index in [0.29, 0.717) is 25.2 Å². The number of carbonyl (C=O) groups is 2. The predicted molar refractivity (Wildman–Crippen MR) is 113 cm³/mol. The normalized spacial score (nSPS) is 16.2. The first-order valence-electron chi connectivity index (χ1n) is 10.1. The van der Waals surface area contributed by atoms with Gasteiger partial charge in [-0.1, -0.05) is 24.3 Å². The van der Waals surface area contributed by atoms with E-state index >= 15 is 0 Å². The minimum atomic E-state index is -0.105. The van der Waals surface area contributed by atoms with Crippen molar-refractivity contribution in [3.8, 4) is 5.75 Å². The van der Waals surface area contributed by atoms with Gasteiger partial charge in [0, 0.05) is 37.7 Å². The largest absolute Gasteiger partial charge is 0.497 e. The Kier molecular flexibility index (Phi) is 7.11. The van der Waals surface area contributed by atoms with Crippen molar-refractivity contribution in [3.05, 3.63) is 65.2 Å². The van der Waals surface area contributed by atoms with Gasteiger partial charge in [-0.05, 0) is 55.2 Å². The van der Waals surface area contributed by atoms with Crippen LogP contribution in [-0.2, 0) is 6.54 Å².